The topological polar surface area (TPSA) is 41.6 Å². The molecule has 1 heterocycles. The van der Waals surface area contributed by atoms with E-state index in [1.807, 2.05) is 25.7 Å². The smallest absolute Gasteiger partial charge is 0.410 e. The summed E-state index contributed by atoms with van der Waals surface area (Å²) in [5.74, 6) is 2.28. The molecule has 1 N–H and O–H groups in total. The van der Waals surface area contributed by atoms with E-state index < -0.39 is 5.60 Å². The van der Waals surface area contributed by atoms with Gasteiger partial charge in [-0.15, -0.1) is 0 Å². The van der Waals surface area contributed by atoms with Gasteiger partial charge < -0.3 is 15.0 Å². The van der Waals surface area contributed by atoms with Crippen LogP contribution in [0.25, 0.3) is 0 Å². The summed E-state index contributed by atoms with van der Waals surface area (Å²) in [6.07, 6.45) is 6.25. The predicted octanol–water partition coefficient (Wildman–Crippen LogP) is 4.05. The largest absolute Gasteiger partial charge is 0.444 e. The van der Waals surface area contributed by atoms with Crippen LogP contribution in [0.2, 0.25) is 0 Å². The van der Waals surface area contributed by atoms with Gasteiger partial charge in [-0.2, -0.15) is 0 Å². The summed E-state index contributed by atoms with van der Waals surface area (Å²) in [4.78, 5) is 14.2. The van der Waals surface area contributed by atoms with E-state index in [1.165, 1.54) is 25.7 Å². The number of carbonyl (C=O) groups is 1. The number of hydrogen-bond donors (Lipinski definition) is 1. The Morgan fingerprint density at radius 2 is 2.04 bits per heavy atom. The average Bonchev–Trinajstić information content (AvgIpc) is 2.89. The molecule has 2 fully saturated rings. The maximum absolute atomic E-state index is 12.3. The normalized spacial score (nSPS) is 30.3. The van der Waals surface area contributed by atoms with Gasteiger partial charge in [0.15, 0.2) is 0 Å². The Bertz CT molecular complexity index is 391. The van der Waals surface area contributed by atoms with E-state index in [0.717, 1.165) is 37.9 Å². The summed E-state index contributed by atoms with van der Waals surface area (Å²) in [6.45, 7) is 13.2. The number of hydrogen-bond acceptors (Lipinski definition) is 3. The first kappa shape index (κ1) is 18.6. The van der Waals surface area contributed by atoms with Gasteiger partial charge in [0.1, 0.15) is 5.60 Å². The Kier molecular flexibility index (Phi) is 6.35. The van der Waals surface area contributed by atoms with Crippen molar-refractivity contribution in [2.75, 3.05) is 19.6 Å². The summed E-state index contributed by atoms with van der Waals surface area (Å²) in [7, 11) is 0. The maximum Gasteiger partial charge on any atom is 0.410 e. The molecule has 0 radical (unpaired) electrons. The van der Waals surface area contributed by atoms with Crippen molar-refractivity contribution in [3.63, 3.8) is 0 Å². The number of ether oxygens (including phenoxy) is 1. The van der Waals surface area contributed by atoms with Crippen LogP contribution in [0.1, 0.15) is 66.7 Å². The summed E-state index contributed by atoms with van der Waals surface area (Å²) in [6, 6.07) is 0.469. The van der Waals surface area contributed by atoms with Gasteiger partial charge in [0.2, 0.25) is 0 Å². The van der Waals surface area contributed by atoms with Gasteiger partial charge in [-0.05, 0) is 77.7 Å². The number of rotatable bonds is 4. The Hall–Kier alpha value is -0.770. The van der Waals surface area contributed by atoms with E-state index in [9.17, 15) is 4.79 Å². The van der Waals surface area contributed by atoms with Crippen LogP contribution in [0, 0.1) is 17.8 Å². The lowest BCUT2D eigenvalue weighted by atomic mass is 9.91. The summed E-state index contributed by atoms with van der Waals surface area (Å²) in [5.41, 5.74) is -0.410. The highest BCUT2D eigenvalue weighted by Gasteiger charge is 2.30. The fourth-order valence-corrected chi connectivity index (χ4v) is 3.94. The van der Waals surface area contributed by atoms with Crippen molar-refractivity contribution in [2.24, 2.45) is 17.8 Å². The van der Waals surface area contributed by atoms with Gasteiger partial charge in [-0.3, -0.25) is 0 Å². The van der Waals surface area contributed by atoms with Crippen LogP contribution in [0.15, 0.2) is 0 Å². The summed E-state index contributed by atoms with van der Waals surface area (Å²) >= 11 is 0. The van der Waals surface area contributed by atoms with Crippen LogP contribution >= 0.6 is 0 Å². The zero-order chi connectivity index (χ0) is 17.0. The molecule has 0 spiro atoms. The molecular formula is C19H36N2O2. The first-order valence-electron chi connectivity index (χ1n) is 9.46. The molecular weight excluding hydrogens is 288 g/mol. The van der Waals surface area contributed by atoms with Crippen molar-refractivity contribution < 1.29 is 9.53 Å². The highest BCUT2D eigenvalue weighted by molar-refractivity contribution is 5.68. The fourth-order valence-electron chi connectivity index (χ4n) is 3.94. The molecule has 2 aliphatic rings. The van der Waals surface area contributed by atoms with Crippen molar-refractivity contribution in [3.8, 4) is 0 Å². The van der Waals surface area contributed by atoms with Crippen LogP contribution in [0.5, 0.6) is 0 Å². The highest BCUT2D eigenvalue weighted by atomic mass is 16.6. The molecule has 1 saturated heterocycles. The molecule has 2 rings (SSSR count). The van der Waals surface area contributed by atoms with Crippen LogP contribution in [-0.4, -0.2) is 42.3 Å². The number of amides is 1. The van der Waals surface area contributed by atoms with E-state index >= 15 is 0 Å². The van der Waals surface area contributed by atoms with Crippen LogP contribution in [-0.2, 0) is 4.74 Å². The van der Waals surface area contributed by atoms with E-state index in [0.29, 0.717) is 12.0 Å². The van der Waals surface area contributed by atoms with E-state index in [2.05, 4.69) is 19.2 Å². The first-order chi connectivity index (χ1) is 10.7. The van der Waals surface area contributed by atoms with E-state index in [-0.39, 0.29) is 6.09 Å². The summed E-state index contributed by atoms with van der Waals surface area (Å²) in [5, 5.41) is 3.74. The molecule has 1 aliphatic heterocycles. The third-order valence-electron chi connectivity index (χ3n) is 5.35. The van der Waals surface area contributed by atoms with Crippen molar-refractivity contribution in [2.45, 2.75) is 78.4 Å². The average molecular weight is 325 g/mol. The molecule has 134 valence electrons. The van der Waals surface area contributed by atoms with Crippen molar-refractivity contribution in [1.29, 1.82) is 0 Å². The molecule has 0 aromatic carbocycles. The second-order valence-electron chi connectivity index (χ2n) is 8.81. The predicted molar refractivity (Wildman–Crippen MR) is 94.5 cm³/mol. The van der Waals surface area contributed by atoms with Crippen molar-refractivity contribution >= 4 is 6.09 Å². The molecule has 0 aromatic heterocycles. The van der Waals surface area contributed by atoms with Crippen LogP contribution in [0.3, 0.4) is 0 Å². The number of nitrogens with zero attached hydrogens (tertiary/aromatic N) is 1. The van der Waals surface area contributed by atoms with Crippen LogP contribution < -0.4 is 5.32 Å². The van der Waals surface area contributed by atoms with E-state index in [4.69, 9.17) is 4.74 Å². The zero-order valence-electron chi connectivity index (χ0n) is 15.7. The standard InChI is InChI=1S/C19H36N2O2/c1-14-8-9-16(11-14)12-20-15(2)17-7-6-10-21(13-17)18(22)23-19(3,4)5/h14-17,20H,6-13H2,1-5H3. The Balaban J connectivity index is 1.77. The number of piperidine rings is 1. The van der Waals surface area contributed by atoms with Crippen molar-refractivity contribution in [3.05, 3.63) is 0 Å². The lowest BCUT2D eigenvalue weighted by molar-refractivity contribution is 0.0148. The minimum Gasteiger partial charge on any atom is -0.444 e. The minimum atomic E-state index is -0.410. The van der Waals surface area contributed by atoms with Gasteiger partial charge in [0, 0.05) is 19.1 Å². The Labute approximate surface area is 142 Å². The SMILES string of the molecule is CC1CCC(CNC(C)C2CCCN(C(=O)OC(C)(C)C)C2)C1. The first-order valence-corrected chi connectivity index (χ1v) is 9.46. The van der Waals surface area contributed by atoms with Gasteiger partial charge >= 0.3 is 6.09 Å². The van der Waals surface area contributed by atoms with Crippen LogP contribution in [0.4, 0.5) is 4.79 Å². The van der Waals surface area contributed by atoms with Gasteiger partial charge in [-0.25, -0.2) is 4.79 Å². The fraction of sp³-hybridized carbons (Fsp3) is 0.947. The lowest BCUT2D eigenvalue weighted by Gasteiger charge is -2.37. The third-order valence-corrected chi connectivity index (χ3v) is 5.35. The van der Waals surface area contributed by atoms with Gasteiger partial charge in [0.25, 0.3) is 0 Å². The Morgan fingerprint density at radius 1 is 1.30 bits per heavy atom. The molecule has 1 aliphatic carbocycles. The maximum atomic E-state index is 12.3. The number of nitrogens with one attached hydrogen (secondary N) is 1. The lowest BCUT2D eigenvalue weighted by Crippen LogP contribution is -2.48. The second kappa shape index (κ2) is 7.87. The molecule has 23 heavy (non-hydrogen) atoms. The molecule has 1 saturated carbocycles. The van der Waals surface area contributed by atoms with E-state index in [1.54, 1.807) is 0 Å². The zero-order valence-corrected chi connectivity index (χ0v) is 15.7. The Morgan fingerprint density at radius 3 is 2.65 bits per heavy atom. The van der Waals surface area contributed by atoms with Crippen molar-refractivity contribution in [1.82, 2.24) is 10.2 Å². The third kappa shape index (κ3) is 5.98. The molecule has 4 unspecified atom stereocenters. The molecule has 4 heteroatoms. The molecule has 0 aromatic rings. The highest BCUT2D eigenvalue weighted by Crippen LogP contribution is 2.30. The number of carbonyl (C=O) groups excluding carboxylic acids is 1. The number of likely N-dealkylation sites (tertiary alicyclic amines) is 1. The quantitative estimate of drug-likeness (QED) is 0.848. The molecule has 0 bridgehead atoms. The molecule has 1 amide bonds. The monoisotopic (exact) mass is 324 g/mol. The molecule has 4 nitrogen and oxygen atoms in total. The second-order valence-corrected chi connectivity index (χ2v) is 8.81. The molecule has 4 atom stereocenters. The van der Waals surface area contributed by atoms with Gasteiger partial charge in [-0.1, -0.05) is 13.3 Å². The van der Waals surface area contributed by atoms with Gasteiger partial charge in [0.05, 0.1) is 0 Å². The minimum absolute atomic E-state index is 0.154. The summed E-state index contributed by atoms with van der Waals surface area (Å²) < 4.78 is 5.52.